The number of amides is 1. The summed E-state index contributed by atoms with van der Waals surface area (Å²) >= 11 is 18.5. The van der Waals surface area contributed by atoms with Crippen LogP contribution in [0.15, 0.2) is 30.5 Å². The molecule has 2 aromatic heterocycles. The van der Waals surface area contributed by atoms with Crippen molar-refractivity contribution in [3.05, 3.63) is 56.8 Å². The minimum Gasteiger partial charge on any atom is -0.356 e. The van der Waals surface area contributed by atoms with Gasteiger partial charge >= 0.3 is 0 Å². The summed E-state index contributed by atoms with van der Waals surface area (Å²) in [5.74, 6) is 0.308. The lowest BCUT2D eigenvalue weighted by molar-refractivity contribution is 0.0946. The van der Waals surface area contributed by atoms with Crippen LogP contribution < -0.4 is 5.32 Å². The fourth-order valence-electron chi connectivity index (χ4n) is 2.82. The molecule has 1 aliphatic heterocycles. The summed E-state index contributed by atoms with van der Waals surface area (Å²) in [6, 6.07) is 6.74. The van der Waals surface area contributed by atoms with E-state index in [4.69, 9.17) is 34.8 Å². The van der Waals surface area contributed by atoms with Gasteiger partial charge in [-0.1, -0.05) is 34.8 Å². The van der Waals surface area contributed by atoms with Gasteiger partial charge in [0.25, 0.3) is 5.91 Å². The molecule has 1 amide bonds. The summed E-state index contributed by atoms with van der Waals surface area (Å²) in [5, 5.41) is 4.01. The van der Waals surface area contributed by atoms with Gasteiger partial charge in [-0.15, -0.1) is 0 Å². The van der Waals surface area contributed by atoms with Gasteiger partial charge in [0.2, 0.25) is 0 Å². The predicted molar refractivity (Wildman–Crippen MR) is 98.3 cm³/mol. The van der Waals surface area contributed by atoms with Gasteiger partial charge in [-0.2, -0.15) is 0 Å². The highest BCUT2D eigenvalue weighted by Gasteiger charge is 2.21. The molecule has 0 unspecified atom stereocenters. The van der Waals surface area contributed by atoms with E-state index in [2.05, 4.69) is 20.3 Å². The van der Waals surface area contributed by atoms with Gasteiger partial charge in [0, 0.05) is 29.9 Å². The average Bonchev–Trinajstić information content (AvgIpc) is 3.00. The van der Waals surface area contributed by atoms with E-state index in [9.17, 15) is 4.79 Å². The molecule has 0 fully saturated rings. The Morgan fingerprint density at radius 2 is 1.84 bits per heavy atom. The van der Waals surface area contributed by atoms with E-state index in [1.807, 2.05) is 0 Å². The number of carbonyl (C=O) groups is 1. The van der Waals surface area contributed by atoms with E-state index in [1.165, 1.54) is 0 Å². The first-order valence-electron chi connectivity index (χ1n) is 7.51. The molecule has 0 atom stereocenters. The molecule has 0 saturated carbocycles. The molecule has 0 bridgehead atoms. The molecule has 0 aliphatic carbocycles. The third kappa shape index (κ3) is 2.99. The first kappa shape index (κ1) is 16.4. The summed E-state index contributed by atoms with van der Waals surface area (Å²) in [4.78, 5) is 24.0. The number of carbonyl (C=O) groups excluding carboxylic acids is 1. The summed E-state index contributed by atoms with van der Waals surface area (Å²) in [6.07, 6.45) is 2.38. The monoisotopic (exact) mass is 392 g/mol. The van der Waals surface area contributed by atoms with Gasteiger partial charge in [-0.3, -0.25) is 4.79 Å². The number of hydrogen-bond donors (Lipinski definition) is 2. The Morgan fingerprint density at radius 3 is 2.56 bits per heavy atom. The van der Waals surface area contributed by atoms with Gasteiger partial charge in [0.15, 0.2) is 5.82 Å². The van der Waals surface area contributed by atoms with E-state index >= 15 is 0 Å². The summed E-state index contributed by atoms with van der Waals surface area (Å²) < 4.78 is 0. The summed E-state index contributed by atoms with van der Waals surface area (Å²) in [5.41, 5.74) is 3.45. The first-order valence-corrected chi connectivity index (χ1v) is 8.65. The van der Waals surface area contributed by atoms with Gasteiger partial charge < -0.3 is 10.3 Å². The maximum Gasteiger partial charge on any atom is 0.253 e. The zero-order valence-corrected chi connectivity index (χ0v) is 15.0. The minimum absolute atomic E-state index is 0.0816. The smallest absolute Gasteiger partial charge is 0.253 e. The minimum atomic E-state index is -0.0816. The highest BCUT2D eigenvalue weighted by atomic mass is 35.5. The Labute approximate surface area is 158 Å². The normalized spacial score (nSPS) is 13.5. The van der Waals surface area contributed by atoms with E-state index < -0.39 is 0 Å². The molecule has 4 rings (SSSR count). The van der Waals surface area contributed by atoms with Gasteiger partial charge in [-0.05, 0) is 24.3 Å². The topological polar surface area (TPSA) is 70.7 Å². The molecule has 8 heteroatoms. The van der Waals surface area contributed by atoms with E-state index in [0.29, 0.717) is 44.3 Å². The lowest BCUT2D eigenvalue weighted by Gasteiger charge is -2.11. The molecule has 2 N–H and O–H groups in total. The number of nitrogens with zero attached hydrogens (tertiary/aromatic N) is 2. The van der Waals surface area contributed by atoms with Gasteiger partial charge in [-0.25, -0.2) is 9.97 Å². The third-order valence-corrected chi connectivity index (χ3v) is 4.78. The van der Waals surface area contributed by atoms with E-state index in [1.54, 1.807) is 30.5 Å². The Balaban J connectivity index is 1.80. The van der Waals surface area contributed by atoms with Gasteiger partial charge in [0.05, 0.1) is 32.6 Å². The van der Waals surface area contributed by atoms with E-state index in [0.717, 1.165) is 17.8 Å². The van der Waals surface area contributed by atoms with Crippen LogP contribution >= 0.6 is 34.8 Å². The van der Waals surface area contributed by atoms with Crippen LogP contribution in [0.4, 0.5) is 0 Å². The molecule has 3 aromatic rings. The number of aromatic nitrogens is 3. The van der Waals surface area contributed by atoms with E-state index in [-0.39, 0.29) is 5.91 Å². The quantitative estimate of drug-likeness (QED) is 0.678. The largest absolute Gasteiger partial charge is 0.356 e. The van der Waals surface area contributed by atoms with Crippen LogP contribution in [0.25, 0.3) is 22.8 Å². The number of nitrogens with one attached hydrogen (secondary N) is 2. The van der Waals surface area contributed by atoms with Crippen LogP contribution in [-0.4, -0.2) is 27.4 Å². The molecule has 0 saturated heterocycles. The Bertz CT molecular complexity index is 976. The molecule has 0 spiro atoms. The summed E-state index contributed by atoms with van der Waals surface area (Å²) in [7, 11) is 0. The van der Waals surface area contributed by atoms with Crippen molar-refractivity contribution in [2.75, 3.05) is 6.54 Å². The fourth-order valence-corrected chi connectivity index (χ4v) is 3.80. The van der Waals surface area contributed by atoms with Crippen LogP contribution in [0.3, 0.4) is 0 Å². The second kappa shape index (κ2) is 6.33. The number of benzene rings is 1. The van der Waals surface area contributed by atoms with Crippen molar-refractivity contribution < 1.29 is 4.79 Å². The Morgan fingerprint density at radius 1 is 1.08 bits per heavy atom. The molecular formula is C17H11Cl3N4O. The maximum absolute atomic E-state index is 11.9. The average molecular weight is 394 g/mol. The van der Waals surface area contributed by atoms with Crippen molar-refractivity contribution >= 4 is 40.7 Å². The standard InChI is InChI=1S/C17H11Cl3N4O/c18-8-5-10(19)15(11(20)6-8)16-21-3-2-13(24-16)14-7-9-12(23-14)1-4-22-17(9)25/h2-3,5-7,23H,1,4H2,(H,22,25). The van der Waals surface area contributed by atoms with Crippen LogP contribution in [-0.2, 0) is 6.42 Å². The van der Waals surface area contributed by atoms with Crippen molar-refractivity contribution in [2.24, 2.45) is 0 Å². The van der Waals surface area contributed by atoms with Crippen molar-refractivity contribution in [1.29, 1.82) is 0 Å². The highest BCUT2D eigenvalue weighted by Crippen LogP contribution is 2.36. The van der Waals surface area contributed by atoms with Crippen LogP contribution in [0.2, 0.25) is 15.1 Å². The lowest BCUT2D eigenvalue weighted by Crippen LogP contribution is -2.31. The molecular weight excluding hydrogens is 383 g/mol. The van der Waals surface area contributed by atoms with Gasteiger partial charge in [0.1, 0.15) is 0 Å². The number of H-pyrrole nitrogens is 1. The fraction of sp³-hybridized carbons (Fsp3) is 0.118. The second-order valence-electron chi connectivity index (χ2n) is 5.59. The molecule has 126 valence electrons. The Kier molecular flexibility index (Phi) is 4.15. The number of hydrogen-bond acceptors (Lipinski definition) is 3. The molecule has 1 aromatic carbocycles. The van der Waals surface area contributed by atoms with Crippen molar-refractivity contribution in [3.8, 4) is 22.8 Å². The number of halogens is 3. The SMILES string of the molecule is O=C1NCCc2[nH]c(-c3ccnc(-c4c(Cl)cc(Cl)cc4Cl)n3)cc21. The summed E-state index contributed by atoms with van der Waals surface area (Å²) in [6.45, 7) is 0.622. The molecule has 25 heavy (non-hydrogen) atoms. The zero-order valence-electron chi connectivity index (χ0n) is 12.7. The highest BCUT2D eigenvalue weighted by molar-refractivity contribution is 6.41. The van der Waals surface area contributed by atoms with Crippen molar-refractivity contribution in [3.63, 3.8) is 0 Å². The first-order chi connectivity index (χ1) is 12.0. The van der Waals surface area contributed by atoms with Crippen LogP contribution in [0.5, 0.6) is 0 Å². The predicted octanol–water partition coefficient (Wildman–Crippen LogP) is 4.38. The van der Waals surface area contributed by atoms with Crippen LogP contribution in [0.1, 0.15) is 16.1 Å². The lowest BCUT2D eigenvalue weighted by atomic mass is 10.1. The number of rotatable bonds is 2. The molecule has 3 heterocycles. The van der Waals surface area contributed by atoms with Crippen molar-refractivity contribution in [2.45, 2.75) is 6.42 Å². The Hall–Kier alpha value is -2.08. The second-order valence-corrected chi connectivity index (χ2v) is 6.84. The molecule has 0 radical (unpaired) electrons. The maximum atomic E-state index is 11.9. The molecule has 1 aliphatic rings. The number of aromatic amines is 1. The number of fused-ring (bicyclic) bond motifs is 1. The third-order valence-electron chi connectivity index (χ3n) is 3.97. The van der Waals surface area contributed by atoms with Crippen LogP contribution in [0, 0.1) is 0 Å². The molecule has 5 nitrogen and oxygen atoms in total. The zero-order chi connectivity index (χ0) is 17.6. The van der Waals surface area contributed by atoms with Crippen molar-refractivity contribution in [1.82, 2.24) is 20.3 Å².